The fraction of sp³-hybridized carbons (Fsp3) is 0.308. The summed E-state index contributed by atoms with van der Waals surface area (Å²) in [7, 11) is 0. The number of carbonyl (C=O) groups excluding carboxylic acids is 2. The van der Waals surface area contributed by atoms with Crippen molar-refractivity contribution in [3.8, 4) is 6.07 Å². The van der Waals surface area contributed by atoms with Crippen molar-refractivity contribution in [3.05, 3.63) is 35.9 Å². The molecule has 5 heteroatoms. The van der Waals surface area contributed by atoms with Gasteiger partial charge in [0.1, 0.15) is 12.5 Å². The molecule has 92 valence electrons. The van der Waals surface area contributed by atoms with Gasteiger partial charge in [-0.3, -0.25) is 4.79 Å². The minimum atomic E-state index is -0.684. The number of hydrogen-bond donors (Lipinski definition) is 0. The van der Waals surface area contributed by atoms with Gasteiger partial charge in [-0.05, 0) is 12.5 Å². The molecule has 2 rings (SSSR count). The maximum atomic E-state index is 11.7. The molecule has 1 aromatic rings. The molecule has 0 bridgehead atoms. The fourth-order valence-corrected chi connectivity index (χ4v) is 2.04. The molecule has 0 saturated carbocycles. The second-order valence-corrected chi connectivity index (χ2v) is 4.05. The molecule has 5 nitrogen and oxygen atoms in total. The van der Waals surface area contributed by atoms with Crippen LogP contribution in [0.4, 0.5) is 4.79 Å². The maximum Gasteiger partial charge on any atom is 0.417 e. The number of nitrogens with zero attached hydrogens (tertiary/aromatic N) is 2. The number of nitriles is 1. The summed E-state index contributed by atoms with van der Waals surface area (Å²) in [6.45, 7) is 1.73. The van der Waals surface area contributed by atoms with Gasteiger partial charge in [0.2, 0.25) is 5.91 Å². The summed E-state index contributed by atoms with van der Waals surface area (Å²) in [6, 6.07) is 10.6. The highest BCUT2D eigenvalue weighted by Crippen LogP contribution is 2.32. The van der Waals surface area contributed by atoms with Gasteiger partial charge in [0, 0.05) is 0 Å². The molecular formula is C13H12N2O3. The predicted octanol–water partition coefficient (Wildman–Crippen LogP) is 2.01. The Morgan fingerprint density at radius 2 is 2.11 bits per heavy atom. The first-order valence-electron chi connectivity index (χ1n) is 5.59. The highest BCUT2D eigenvalue weighted by molar-refractivity contribution is 5.94. The van der Waals surface area contributed by atoms with Crippen LogP contribution in [0.3, 0.4) is 0 Å². The summed E-state index contributed by atoms with van der Waals surface area (Å²) in [5.41, 5.74) is 0.839. The molecule has 18 heavy (non-hydrogen) atoms. The summed E-state index contributed by atoms with van der Waals surface area (Å²) in [4.78, 5) is 24.3. The Kier molecular flexibility index (Phi) is 3.28. The van der Waals surface area contributed by atoms with Crippen molar-refractivity contribution in [2.75, 3.05) is 0 Å². The Morgan fingerprint density at radius 1 is 1.44 bits per heavy atom. The van der Waals surface area contributed by atoms with Gasteiger partial charge in [-0.25, -0.2) is 9.69 Å². The number of imide groups is 1. The van der Waals surface area contributed by atoms with E-state index in [-0.39, 0.29) is 6.42 Å². The van der Waals surface area contributed by atoms with Gasteiger partial charge in [0.15, 0.2) is 0 Å². The molecule has 2 atom stereocenters. The van der Waals surface area contributed by atoms with Crippen LogP contribution in [-0.4, -0.2) is 22.9 Å². The van der Waals surface area contributed by atoms with E-state index >= 15 is 0 Å². The average Bonchev–Trinajstić information content (AvgIpc) is 2.66. The minimum Gasteiger partial charge on any atom is -0.439 e. The van der Waals surface area contributed by atoms with Crippen molar-refractivity contribution in [1.29, 1.82) is 5.26 Å². The summed E-state index contributed by atoms with van der Waals surface area (Å²) in [5.74, 6) is -0.520. The molecule has 0 spiro atoms. The Morgan fingerprint density at radius 3 is 2.72 bits per heavy atom. The van der Waals surface area contributed by atoms with E-state index in [1.807, 2.05) is 30.3 Å². The average molecular weight is 244 g/mol. The van der Waals surface area contributed by atoms with Crippen LogP contribution < -0.4 is 0 Å². The van der Waals surface area contributed by atoms with Gasteiger partial charge in [0.25, 0.3) is 0 Å². The lowest BCUT2D eigenvalue weighted by Gasteiger charge is -2.18. The Labute approximate surface area is 105 Å². The molecular weight excluding hydrogens is 232 g/mol. The van der Waals surface area contributed by atoms with Crippen LogP contribution >= 0.6 is 0 Å². The fourth-order valence-electron chi connectivity index (χ4n) is 2.04. The summed E-state index contributed by atoms with van der Waals surface area (Å²) in [5, 5.41) is 8.50. The van der Waals surface area contributed by atoms with Crippen molar-refractivity contribution < 1.29 is 14.3 Å². The monoisotopic (exact) mass is 244 g/mol. The Hall–Kier alpha value is -2.35. The van der Waals surface area contributed by atoms with E-state index in [0.717, 1.165) is 10.5 Å². The van der Waals surface area contributed by atoms with E-state index in [4.69, 9.17) is 10.00 Å². The molecule has 0 unspecified atom stereocenters. The van der Waals surface area contributed by atoms with Gasteiger partial charge in [0.05, 0.1) is 12.1 Å². The number of benzene rings is 1. The second-order valence-electron chi connectivity index (χ2n) is 4.05. The van der Waals surface area contributed by atoms with E-state index in [9.17, 15) is 9.59 Å². The standard InChI is InChI=1S/C13H12N2O3/c1-9-12(10-5-3-2-4-6-10)18-13(17)15(9)11(16)7-8-14/h2-6,9,12H,7H2,1H3/t9-,12-/m1/s1. The molecule has 1 heterocycles. The van der Waals surface area contributed by atoms with Gasteiger partial charge in [-0.2, -0.15) is 5.26 Å². The van der Waals surface area contributed by atoms with Crippen molar-refractivity contribution in [3.63, 3.8) is 0 Å². The number of hydrogen-bond acceptors (Lipinski definition) is 4. The number of carbonyl (C=O) groups is 2. The number of rotatable bonds is 2. The second kappa shape index (κ2) is 4.88. The first kappa shape index (κ1) is 12.1. The van der Waals surface area contributed by atoms with Crippen LogP contribution in [0.25, 0.3) is 0 Å². The number of cyclic esters (lactones) is 1. The van der Waals surface area contributed by atoms with Crippen molar-refractivity contribution in [2.45, 2.75) is 25.5 Å². The predicted molar refractivity (Wildman–Crippen MR) is 62.2 cm³/mol. The van der Waals surface area contributed by atoms with E-state index in [0.29, 0.717) is 0 Å². The van der Waals surface area contributed by atoms with E-state index in [1.54, 1.807) is 13.0 Å². The summed E-state index contributed by atoms with van der Waals surface area (Å²) < 4.78 is 5.20. The van der Waals surface area contributed by atoms with Crippen molar-refractivity contribution >= 4 is 12.0 Å². The SMILES string of the molecule is C[C@@H]1[C@H](c2ccccc2)OC(=O)N1C(=O)CC#N. The highest BCUT2D eigenvalue weighted by atomic mass is 16.6. The number of ether oxygens (including phenoxy) is 1. The van der Waals surface area contributed by atoms with Crippen molar-refractivity contribution in [1.82, 2.24) is 4.90 Å². The zero-order valence-electron chi connectivity index (χ0n) is 9.87. The zero-order chi connectivity index (χ0) is 13.1. The van der Waals surface area contributed by atoms with Crippen LogP contribution in [-0.2, 0) is 9.53 Å². The third kappa shape index (κ3) is 2.05. The zero-order valence-corrected chi connectivity index (χ0v) is 9.87. The van der Waals surface area contributed by atoms with E-state index < -0.39 is 24.1 Å². The summed E-state index contributed by atoms with van der Waals surface area (Å²) >= 11 is 0. The molecule has 1 aromatic carbocycles. The lowest BCUT2D eigenvalue weighted by molar-refractivity contribution is -0.128. The topological polar surface area (TPSA) is 70.4 Å². The molecule has 1 aliphatic heterocycles. The molecule has 1 saturated heterocycles. The normalized spacial score (nSPS) is 22.4. The molecule has 0 radical (unpaired) electrons. The quantitative estimate of drug-likeness (QED) is 0.797. The lowest BCUT2D eigenvalue weighted by Crippen LogP contribution is -2.37. The lowest BCUT2D eigenvalue weighted by atomic mass is 10.0. The van der Waals surface area contributed by atoms with Gasteiger partial charge in [-0.1, -0.05) is 30.3 Å². The third-order valence-electron chi connectivity index (χ3n) is 2.90. The van der Waals surface area contributed by atoms with E-state index in [2.05, 4.69) is 0 Å². The Bertz CT molecular complexity index is 507. The van der Waals surface area contributed by atoms with Crippen LogP contribution in [0.1, 0.15) is 25.0 Å². The smallest absolute Gasteiger partial charge is 0.417 e. The largest absolute Gasteiger partial charge is 0.439 e. The van der Waals surface area contributed by atoms with Crippen LogP contribution in [0.2, 0.25) is 0 Å². The molecule has 0 N–H and O–H groups in total. The van der Waals surface area contributed by atoms with Gasteiger partial charge in [-0.15, -0.1) is 0 Å². The first-order valence-corrected chi connectivity index (χ1v) is 5.59. The molecule has 1 aliphatic rings. The van der Waals surface area contributed by atoms with Gasteiger partial charge < -0.3 is 4.74 Å². The first-order chi connectivity index (χ1) is 8.65. The molecule has 2 amide bonds. The Balaban J connectivity index is 2.22. The van der Waals surface area contributed by atoms with Crippen molar-refractivity contribution in [2.24, 2.45) is 0 Å². The minimum absolute atomic E-state index is 0.319. The highest BCUT2D eigenvalue weighted by Gasteiger charge is 2.42. The maximum absolute atomic E-state index is 11.7. The molecule has 1 fully saturated rings. The van der Waals surface area contributed by atoms with Crippen LogP contribution in [0.5, 0.6) is 0 Å². The molecule has 0 aromatic heterocycles. The third-order valence-corrected chi connectivity index (χ3v) is 2.90. The molecule has 0 aliphatic carbocycles. The van der Waals surface area contributed by atoms with Gasteiger partial charge >= 0.3 is 6.09 Å². The summed E-state index contributed by atoms with van der Waals surface area (Å²) in [6.07, 6.45) is -1.47. The van der Waals surface area contributed by atoms with E-state index in [1.165, 1.54) is 0 Å². The number of amides is 2. The van der Waals surface area contributed by atoms with Crippen LogP contribution in [0.15, 0.2) is 30.3 Å². The van der Waals surface area contributed by atoms with Crippen LogP contribution in [0, 0.1) is 11.3 Å².